The van der Waals surface area contributed by atoms with Crippen LogP contribution in [0.4, 0.5) is 0 Å². The van der Waals surface area contributed by atoms with Crippen molar-refractivity contribution in [3.63, 3.8) is 0 Å². The average Bonchev–Trinajstić information content (AvgIpc) is 3.00. The van der Waals surface area contributed by atoms with Crippen molar-refractivity contribution in [3.8, 4) is 6.07 Å². The third kappa shape index (κ3) is 1.71. The quantitative estimate of drug-likeness (QED) is 0.696. The summed E-state index contributed by atoms with van der Waals surface area (Å²) in [5.41, 5.74) is 2.01. The second-order valence-corrected chi connectivity index (χ2v) is 3.47. The number of nitriles is 1. The molecule has 0 heterocycles. The first-order valence-electron chi connectivity index (χ1n) is 4.49. The molecule has 1 aliphatic rings. The van der Waals surface area contributed by atoms with Gasteiger partial charge in [0.25, 0.3) is 0 Å². The van der Waals surface area contributed by atoms with Gasteiger partial charge in [0, 0.05) is 0 Å². The molecule has 1 aliphatic carbocycles. The maximum Gasteiger partial charge on any atom is 0.165 e. The van der Waals surface area contributed by atoms with Crippen LogP contribution >= 0.6 is 0 Å². The SMILES string of the molecule is N#CC(O)c1ccc(C2CC2)cc1. The normalized spacial score (nSPS) is 17.8. The fourth-order valence-electron chi connectivity index (χ4n) is 1.44. The molecule has 0 radical (unpaired) electrons. The molecule has 0 spiro atoms. The minimum Gasteiger partial charge on any atom is -0.374 e. The Morgan fingerprint density at radius 2 is 1.92 bits per heavy atom. The van der Waals surface area contributed by atoms with Crippen LogP contribution in [0, 0.1) is 11.3 Å². The second-order valence-electron chi connectivity index (χ2n) is 3.47. The Morgan fingerprint density at radius 3 is 2.38 bits per heavy atom. The van der Waals surface area contributed by atoms with E-state index in [0.717, 1.165) is 5.92 Å². The molecule has 2 rings (SSSR count). The maximum absolute atomic E-state index is 9.21. The van der Waals surface area contributed by atoms with Gasteiger partial charge in [-0.25, -0.2) is 0 Å². The lowest BCUT2D eigenvalue weighted by Crippen LogP contribution is -1.92. The molecule has 0 aliphatic heterocycles. The summed E-state index contributed by atoms with van der Waals surface area (Å²) in [6.07, 6.45) is 1.58. The van der Waals surface area contributed by atoms with Gasteiger partial charge < -0.3 is 5.11 Å². The highest BCUT2D eigenvalue weighted by atomic mass is 16.3. The number of hydrogen-bond donors (Lipinski definition) is 1. The molecule has 1 aromatic rings. The zero-order chi connectivity index (χ0) is 9.26. The van der Waals surface area contributed by atoms with E-state index >= 15 is 0 Å². The Labute approximate surface area is 77.4 Å². The number of aliphatic hydroxyl groups is 1. The molecule has 0 saturated heterocycles. The number of hydrogen-bond acceptors (Lipinski definition) is 2. The van der Waals surface area contributed by atoms with Crippen molar-refractivity contribution >= 4 is 0 Å². The Balaban J connectivity index is 2.18. The largest absolute Gasteiger partial charge is 0.374 e. The highest BCUT2D eigenvalue weighted by Crippen LogP contribution is 2.40. The van der Waals surface area contributed by atoms with Crippen LogP contribution in [0.2, 0.25) is 0 Å². The molecule has 1 N–H and O–H groups in total. The van der Waals surface area contributed by atoms with Crippen LogP contribution in [-0.2, 0) is 0 Å². The molecule has 0 bridgehead atoms. The van der Waals surface area contributed by atoms with Crippen LogP contribution in [0.3, 0.4) is 0 Å². The number of rotatable bonds is 2. The van der Waals surface area contributed by atoms with E-state index in [2.05, 4.69) is 0 Å². The van der Waals surface area contributed by atoms with Crippen LogP contribution in [0.15, 0.2) is 24.3 Å². The first-order valence-corrected chi connectivity index (χ1v) is 4.49. The zero-order valence-electron chi connectivity index (χ0n) is 7.27. The van der Waals surface area contributed by atoms with Crippen molar-refractivity contribution in [1.82, 2.24) is 0 Å². The standard InChI is InChI=1S/C11H11NO/c12-7-11(13)10-5-3-9(4-6-10)8-1-2-8/h3-6,8,11,13H,1-2H2. The van der Waals surface area contributed by atoms with E-state index in [1.54, 1.807) is 6.07 Å². The predicted octanol–water partition coefficient (Wildman–Crippen LogP) is 2.12. The van der Waals surface area contributed by atoms with Crippen molar-refractivity contribution in [1.29, 1.82) is 5.26 Å². The summed E-state index contributed by atoms with van der Waals surface area (Å²) in [6, 6.07) is 9.49. The maximum atomic E-state index is 9.21. The molecule has 2 heteroatoms. The van der Waals surface area contributed by atoms with Gasteiger partial charge in [0.15, 0.2) is 6.10 Å². The molecule has 1 aromatic carbocycles. The van der Waals surface area contributed by atoms with Crippen LogP contribution in [0.1, 0.15) is 36.0 Å². The first-order chi connectivity index (χ1) is 6.31. The van der Waals surface area contributed by atoms with Gasteiger partial charge in [0.1, 0.15) is 0 Å². The first kappa shape index (κ1) is 8.28. The van der Waals surface area contributed by atoms with Gasteiger partial charge in [-0.2, -0.15) is 5.26 Å². The van der Waals surface area contributed by atoms with Crippen molar-refractivity contribution in [2.75, 3.05) is 0 Å². The molecule has 0 aromatic heterocycles. The van der Waals surface area contributed by atoms with Gasteiger partial charge in [-0.05, 0) is 29.9 Å². The minimum absolute atomic E-state index is 0.687. The van der Waals surface area contributed by atoms with Crippen molar-refractivity contribution in [3.05, 3.63) is 35.4 Å². The third-order valence-electron chi connectivity index (χ3n) is 2.42. The van der Waals surface area contributed by atoms with Gasteiger partial charge >= 0.3 is 0 Å². The van der Waals surface area contributed by atoms with Crippen molar-refractivity contribution < 1.29 is 5.11 Å². The lowest BCUT2D eigenvalue weighted by Gasteiger charge is -2.03. The van der Waals surface area contributed by atoms with Gasteiger partial charge in [0.05, 0.1) is 6.07 Å². The number of benzene rings is 1. The third-order valence-corrected chi connectivity index (χ3v) is 2.42. The van der Waals surface area contributed by atoms with E-state index in [-0.39, 0.29) is 0 Å². The van der Waals surface area contributed by atoms with Gasteiger partial charge in [-0.1, -0.05) is 24.3 Å². The zero-order valence-corrected chi connectivity index (χ0v) is 7.27. The van der Waals surface area contributed by atoms with Crippen molar-refractivity contribution in [2.45, 2.75) is 24.9 Å². The second kappa shape index (κ2) is 3.20. The monoisotopic (exact) mass is 173 g/mol. The molecule has 0 amide bonds. The van der Waals surface area contributed by atoms with Crippen molar-refractivity contribution in [2.24, 2.45) is 0 Å². The Morgan fingerprint density at radius 1 is 1.31 bits per heavy atom. The smallest absolute Gasteiger partial charge is 0.165 e. The van der Waals surface area contributed by atoms with E-state index in [0.29, 0.717) is 5.56 Å². The van der Waals surface area contributed by atoms with Gasteiger partial charge in [-0.15, -0.1) is 0 Å². The van der Waals surface area contributed by atoms with Gasteiger partial charge in [-0.3, -0.25) is 0 Å². The average molecular weight is 173 g/mol. The minimum atomic E-state index is -0.978. The highest BCUT2D eigenvalue weighted by molar-refractivity contribution is 5.30. The van der Waals surface area contributed by atoms with Gasteiger partial charge in [0.2, 0.25) is 0 Å². The van der Waals surface area contributed by atoms with E-state index in [1.807, 2.05) is 24.3 Å². The summed E-state index contributed by atoms with van der Waals surface area (Å²) >= 11 is 0. The summed E-state index contributed by atoms with van der Waals surface area (Å²) in [4.78, 5) is 0. The summed E-state index contributed by atoms with van der Waals surface area (Å²) in [7, 11) is 0. The Bertz CT molecular complexity index is 332. The van der Waals surface area contributed by atoms with Crippen LogP contribution in [-0.4, -0.2) is 5.11 Å². The number of nitrogens with zero attached hydrogens (tertiary/aromatic N) is 1. The highest BCUT2D eigenvalue weighted by Gasteiger charge is 2.23. The lowest BCUT2D eigenvalue weighted by molar-refractivity contribution is 0.236. The molecule has 13 heavy (non-hydrogen) atoms. The fraction of sp³-hybridized carbons (Fsp3) is 0.364. The molecule has 2 nitrogen and oxygen atoms in total. The Hall–Kier alpha value is -1.33. The van der Waals surface area contributed by atoms with E-state index in [1.165, 1.54) is 18.4 Å². The van der Waals surface area contributed by atoms with Crippen LogP contribution in [0.5, 0.6) is 0 Å². The van der Waals surface area contributed by atoms with Crippen LogP contribution < -0.4 is 0 Å². The summed E-state index contributed by atoms with van der Waals surface area (Å²) in [5, 5.41) is 17.7. The van der Waals surface area contributed by atoms with E-state index < -0.39 is 6.10 Å². The predicted molar refractivity (Wildman–Crippen MR) is 49.0 cm³/mol. The molecule has 1 atom stereocenters. The fourth-order valence-corrected chi connectivity index (χ4v) is 1.44. The Kier molecular flexibility index (Phi) is 2.03. The molecular weight excluding hydrogens is 162 g/mol. The molecule has 1 unspecified atom stereocenters. The van der Waals surface area contributed by atoms with E-state index in [4.69, 9.17) is 5.26 Å². The number of aliphatic hydroxyl groups excluding tert-OH is 1. The van der Waals surface area contributed by atoms with E-state index in [9.17, 15) is 5.11 Å². The molecular formula is C11H11NO. The van der Waals surface area contributed by atoms with Crippen LogP contribution in [0.25, 0.3) is 0 Å². The topological polar surface area (TPSA) is 44.0 Å². The summed E-state index contributed by atoms with van der Waals surface area (Å²) in [5.74, 6) is 0.730. The lowest BCUT2D eigenvalue weighted by atomic mass is 10.1. The molecule has 1 fully saturated rings. The molecule has 1 saturated carbocycles. The summed E-state index contributed by atoms with van der Waals surface area (Å²) in [6.45, 7) is 0. The summed E-state index contributed by atoms with van der Waals surface area (Å²) < 4.78 is 0. The molecule has 66 valence electrons.